The van der Waals surface area contributed by atoms with Crippen LogP contribution in [-0.2, 0) is 9.53 Å². The third-order valence-electron chi connectivity index (χ3n) is 1.81. The van der Waals surface area contributed by atoms with E-state index in [1.54, 1.807) is 6.92 Å². The Morgan fingerprint density at radius 1 is 1.50 bits per heavy atom. The number of nitro groups is 1. The minimum absolute atomic E-state index is 0.0407. The van der Waals surface area contributed by atoms with Crippen LogP contribution in [-0.4, -0.2) is 22.7 Å². The fourth-order valence-electron chi connectivity index (χ4n) is 1.01. The number of non-ortho nitro benzene ring substituents is 1. The molecule has 0 bridgehead atoms. The molecule has 0 aliphatic rings. The first-order valence-electron chi connectivity index (χ1n) is 4.95. The molecule has 0 aromatic heterocycles. The Morgan fingerprint density at radius 2 is 2.11 bits per heavy atom. The second kappa shape index (κ2) is 6.55. The maximum absolute atomic E-state index is 11.1. The van der Waals surface area contributed by atoms with Crippen LogP contribution in [0.3, 0.4) is 0 Å². The van der Waals surface area contributed by atoms with Gasteiger partial charge in [-0.1, -0.05) is 11.6 Å². The van der Waals surface area contributed by atoms with Gasteiger partial charge in [-0.15, -0.1) is 0 Å². The van der Waals surface area contributed by atoms with Gasteiger partial charge in [-0.2, -0.15) is 5.10 Å². The van der Waals surface area contributed by atoms with Crippen molar-refractivity contribution in [2.75, 3.05) is 12.0 Å². The molecule has 0 aliphatic heterocycles. The second-order valence-electron chi connectivity index (χ2n) is 3.04. The van der Waals surface area contributed by atoms with Gasteiger partial charge in [0, 0.05) is 12.1 Å². The lowest BCUT2D eigenvalue weighted by Crippen LogP contribution is -2.13. The average Bonchev–Trinajstić information content (AvgIpc) is 2.36. The van der Waals surface area contributed by atoms with Crippen LogP contribution in [0.4, 0.5) is 11.4 Å². The summed E-state index contributed by atoms with van der Waals surface area (Å²) in [4.78, 5) is 21.0. The predicted octanol–water partition coefficient (Wildman–Crippen LogP) is 2.12. The number of hydrazone groups is 1. The van der Waals surface area contributed by atoms with Gasteiger partial charge in [0.15, 0.2) is 0 Å². The number of ether oxygens (including phenoxy) is 1. The van der Waals surface area contributed by atoms with Gasteiger partial charge < -0.3 is 4.74 Å². The van der Waals surface area contributed by atoms with Crippen LogP contribution in [0.25, 0.3) is 0 Å². The quantitative estimate of drug-likeness (QED) is 0.383. The highest BCUT2D eigenvalue weighted by molar-refractivity contribution is 6.82. The smallest absolute Gasteiger partial charge is 0.370 e. The van der Waals surface area contributed by atoms with E-state index in [4.69, 9.17) is 11.6 Å². The number of nitrogens with zero attached hydrogens (tertiary/aromatic N) is 2. The summed E-state index contributed by atoms with van der Waals surface area (Å²) in [6, 6.07) is 5.49. The predicted molar refractivity (Wildman–Crippen MR) is 66.6 cm³/mol. The molecular formula is C10H10ClN3O4. The van der Waals surface area contributed by atoms with Crippen molar-refractivity contribution in [3.63, 3.8) is 0 Å². The van der Waals surface area contributed by atoms with E-state index in [0.29, 0.717) is 5.69 Å². The Bertz CT molecular complexity index is 473. The molecule has 0 radical (unpaired) electrons. The van der Waals surface area contributed by atoms with Crippen molar-refractivity contribution < 1.29 is 14.5 Å². The third kappa shape index (κ3) is 4.02. The highest BCUT2D eigenvalue weighted by atomic mass is 35.5. The lowest BCUT2D eigenvalue weighted by molar-refractivity contribution is -0.384. The van der Waals surface area contributed by atoms with Crippen molar-refractivity contribution in [3.8, 4) is 0 Å². The summed E-state index contributed by atoms with van der Waals surface area (Å²) in [5.74, 6) is -0.742. The first-order valence-corrected chi connectivity index (χ1v) is 5.33. The zero-order chi connectivity index (χ0) is 13.5. The fraction of sp³-hybridized carbons (Fsp3) is 0.200. The Kier molecular flexibility index (Phi) is 5.06. The first kappa shape index (κ1) is 13.9. The Morgan fingerprint density at radius 3 is 2.61 bits per heavy atom. The number of anilines is 1. The SMILES string of the molecule is CCOC(=O)/C(Cl)=N/Nc1ccc([N+](=O)[O-])cc1. The van der Waals surface area contributed by atoms with Gasteiger partial charge in [0.2, 0.25) is 5.17 Å². The first-order chi connectivity index (χ1) is 8.54. The van der Waals surface area contributed by atoms with Gasteiger partial charge in [0.05, 0.1) is 17.2 Å². The zero-order valence-corrected chi connectivity index (χ0v) is 10.2. The van der Waals surface area contributed by atoms with E-state index in [0.717, 1.165) is 0 Å². The van der Waals surface area contributed by atoms with Gasteiger partial charge >= 0.3 is 5.97 Å². The van der Waals surface area contributed by atoms with E-state index in [-0.39, 0.29) is 17.5 Å². The number of hydrogen-bond acceptors (Lipinski definition) is 6. The summed E-state index contributed by atoms with van der Waals surface area (Å²) in [6.45, 7) is 1.84. The summed E-state index contributed by atoms with van der Waals surface area (Å²) in [6.07, 6.45) is 0. The van der Waals surface area contributed by atoms with Crippen LogP contribution in [0, 0.1) is 10.1 Å². The molecule has 1 aromatic carbocycles. The molecule has 0 heterocycles. The van der Waals surface area contributed by atoms with E-state index in [9.17, 15) is 14.9 Å². The Labute approximate surface area is 108 Å². The van der Waals surface area contributed by atoms with E-state index >= 15 is 0 Å². The lowest BCUT2D eigenvalue weighted by atomic mass is 10.3. The van der Waals surface area contributed by atoms with Gasteiger partial charge in [0.1, 0.15) is 0 Å². The molecule has 18 heavy (non-hydrogen) atoms. The molecule has 0 unspecified atom stereocenters. The molecule has 0 saturated heterocycles. The van der Waals surface area contributed by atoms with Crippen molar-refractivity contribution in [1.82, 2.24) is 0 Å². The number of nitro benzene ring substituents is 1. The Balaban J connectivity index is 2.65. The fourth-order valence-corrected chi connectivity index (χ4v) is 1.10. The highest BCUT2D eigenvalue weighted by Gasteiger charge is 2.09. The summed E-state index contributed by atoms with van der Waals surface area (Å²) in [5.41, 5.74) is 2.90. The molecule has 0 spiro atoms. The normalized spacial score (nSPS) is 10.9. The molecular weight excluding hydrogens is 262 g/mol. The monoisotopic (exact) mass is 271 g/mol. The summed E-state index contributed by atoms with van der Waals surface area (Å²) < 4.78 is 4.61. The molecule has 8 heteroatoms. The van der Waals surface area contributed by atoms with Gasteiger partial charge in [-0.05, 0) is 19.1 Å². The summed E-state index contributed by atoms with van der Waals surface area (Å²) in [7, 11) is 0. The number of hydrogen-bond donors (Lipinski definition) is 1. The van der Waals surface area contributed by atoms with Crippen molar-refractivity contribution in [1.29, 1.82) is 0 Å². The zero-order valence-electron chi connectivity index (χ0n) is 9.42. The number of carbonyl (C=O) groups excluding carboxylic acids is 1. The average molecular weight is 272 g/mol. The second-order valence-corrected chi connectivity index (χ2v) is 3.40. The van der Waals surface area contributed by atoms with Crippen molar-refractivity contribution >= 4 is 34.1 Å². The van der Waals surface area contributed by atoms with Crippen LogP contribution in [0.5, 0.6) is 0 Å². The minimum atomic E-state index is -0.742. The van der Waals surface area contributed by atoms with E-state index in [1.807, 2.05) is 0 Å². The lowest BCUT2D eigenvalue weighted by Gasteiger charge is -2.01. The van der Waals surface area contributed by atoms with Crippen LogP contribution in [0.2, 0.25) is 0 Å². The van der Waals surface area contributed by atoms with Gasteiger partial charge in [-0.25, -0.2) is 4.79 Å². The summed E-state index contributed by atoms with van der Waals surface area (Å²) >= 11 is 5.55. The molecule has 0 aliphatic carbocycles. The summed E-state index contributed by atoms with van der Waals surface area (Å²) in [5, 5.41) is 13.6. The van der Waals surface area contributed by atoms with Crippen LogP contribution >= 0.6 is 11.6 Å². The van der Waals surface area contributed by atoms with Gasteiger partial charge in [0.25, 0.3) is 5.69 Å². The van der Waals surface area contributed by atoms with Gasteiger partial charge in [-0.3, -0.25) is 15.5 Å². The van der Waals surface area contributed by atoms with Crippen LogP contribution in [0.15, 0.2) is 29.4 Å². The number of nitrogens with one attached hydrogen (secondary N) is 1. The molecule has 1 aromatic rings. The molecule has 0 fully saturated rings. The standard InChI is InChI=1S/C10H10ClN3O4/c1-2-18-10(15)9(11)13-12-7-3-5-8(6-4-7)14(16)17/h3-6,12H,2H2,1H3/b13-9-. The molecule has 0 amide bonds. The molecule has 0 saturated carbocycles. The molecule has 1 rings (SSSR count). The topological polar surface area (TPSA) is 93.8 Å². The Hall–Kier alpha value is -2.15. The highest BCUT2D eigenvalue weighted by Crippen LogP contribution is 2.15. The largest absolute Gasteiger partial charge is 0.461 e. The molecule has 7 nitrogen and oxygen atoms in total. The van der Waals surface area contributed by atoms with E-state index < -0.39 is 10.9 Å². The number of benzene rings is 1. The molecule has 1 N–H and O–H groups in total. The number of carbonyl (C=O) groups is 1. The van der Waals surface area contributed by atoms with Crippen molar-refractivity contribution in [3.05, 3.63) is 34.4 Å². The number of esters is 1. The molecule has 96 valence electrons. The number of rotatable bonds is 5. The van der Waals surface area contributed by atoms with Crippen LogP contribution in [0.1, 0.15) is 6.92 Å². The van der Waals surface area contributed by atoms with Crippen LogP contribution < -0.4 is 5.43 Å². The third-order valence-corrected chi connectivity index (χ3v) is 2.04. The van der Waals surface area contributed by atoms with Crippen molar-refractivity contribution in [2.45, 2.75) is 6.92 Å². The van der Waals surface area contributed by atoms with Crippen molar-refractivity contribution in [2.24, 2.45) is 5.10 Å². The maximum atomic E-state index is 11.1. The van der Waals surface area contributed by atoms with E-state index in [1.165, 1.54) is 24.3 Å². The number of halogens is 1. The maximum Gasteiger partial charge on any atom is 0.370 e. The minimum Gasteiger partial charge on any atom is -0.461 e. The van der Waals surface area contributed by atoms with E-state index in [2.05, 4.69) is 15.3 Å². The molecule has 0 atom stereocenters.